The van der Waals surface area contributed by atoms with Crippen molar-refractivity contribution in [1.29, 1.82) is 0 Å². The molecule has 0 bridgehead atoms. The van der Waals surface area contributed by atoms with Crippen LogP contribution in [0.5, 0.6) is 0 Å². The first-order valence-electron chi connectivity index (χ1n) is 23.9. The summed E-state index contributed by atoms with van der Waals surface area (Å²) in [6.07, 6.45) is 5.68. The highest BCUT2D eigenvalue weighted by Crippen LogP contribution is 2.45. The molecule has 11 heteroatoms. The van der Waals surface area contributed by atoms with Crippen molar-refractivity contribution in [3.63, 3.8) is 0 Å². The third-order valence-electron chi connectivity index (χ3n) is 15.6. The number of anilines is 3. The van der Waals surface area contributed by atoms with E-state index in [4.69, 9.17) is 39.9 Å². The van der Waals surface area contributed by atoms with Gasteiger partial charge in [0.2, 0.25) is 0 Å². The number of hydrogen-bond donors (Lipinski definition) is 0. The van der Waals surface area contributed by atoms with Gasteiger partial charge in [0.25, 0.3) is 0 Å². The van der Waals surface area contributed by atoms with E-state index in [1.165, 1.54) is 0 Å². The van der Waals surface area contributed by atoms with Gasteiger partial charge in [0.1, 0.15) is 35.0 Å². The summed E-state index contributed by atoms with van der Waals surface area (Å²) in [5.41, 5.74) is 4.88. The normalized spacial score (nSPS) is 19.3. The Morgan fingerprint density at radius 1 is 0.319 bits per heavy atom. The summed E-state index contributed by atoms with van der Waals surface area (Å²) in [5.74, 6) is 5.64. The van der Waals surface area contributed by atoms with Gasteiger partial charge in [-0.25, -0.2) is 24.9 Å². The fourth-order valence-electron chi connectivity index (χ4n) is 9.36. The van der Waals surface area contributed by atoms with Crippen LogP contribution in [0, 0.1) is 0 Å². The predicted molar refractivity (Wildman–Crippen MR) is 283 cm³/mol. The van der Waals surface area contributed by atoms with Gasteiger partial charge in [-0.15, -0.1) is 0 Å². The molecule has 0 fully saturated rings. The Hall–Kier alpha value is -7.40. The van der Waals surface area contributed by atoms with Crippen LogP contribution < -0.4 is 14.7 Å². The number of hydrogen-bond acceptors (Lipinski definition) is 11. The van der Waals surface area contributed by atoms with E-state index in [-0.39, 0.29) is 33.2 Å². The third kappa shape index (κ3) is 7.50. The Labute approximate surface area is 406 Å². The maximum Gasteiger partial charge on any atom is 0.161 e. The van der Waals surface area contributed by atoms with E-state index in [9.17, 15) is 0 Å². The third-order valence-corrected chi connectivity index (χ3v) is 15.6. The van der Waals surface area contributed by atoms with Gasteiger partial charge in [-0.05, 0) is 126 Å². The molecule has 0 aliphatic carbocycles. The molecule has 11 nitrogen and oxygen atoms in total. The van der Waals surface area contributed by atoms with Crippen LogP contribution in [0.1, 0.15) is 99.8 Å². The largest absolute Gasteiger partial charge is 0.303 e. The van der Waals surface area contributed by atoms with E-state index < -0.39 is 0 Å². The Morgan fingerprint density at radius 2 is 0.609 bits per heavy atom. The molecular formula is C58H61N11. The molecule has 0 N–H and O–H groups in total. The summed E-state index contributed by atoms with van der Waals surface area (Å²) in [6.45, 7) is 26.4. The number of pyridine rings is 3. The number of benzene rings is 3. The molecule has 3 aliphatic heterocycles. The van der Waals surface area contributed by atoms with Crippen LogP contribution in [0.2, 0.25) is 0 Å². The van der Waals surface area contributed by atoms with E-state index in [0.29, 0.717) is 5.82 Å². The van der Waals surface area contributed by atoms with Crippen molar-refractivity contribution in [2.24, 2.45) is 15.0 Å². The van der Waals surface area contributed by atoms with Crippen LogP contribution in [-0.2, 0) is 0 Å². The summed E-state index contributed by atoms with van der Waals surface area (Å²) < 4.78 is 0. The molecule has 69 heavy (non-hydrogen) atoms. The molecule has 10 rings (SSSR count). The van der Waals surface area contributed by atoms with E-state index >= 15 is 0 Å². The molecule has 0 unspecified atom stereocenters. The molecule has 0 saturated heterocycles. The highest BCUT2D eigenvalue weighted by atomic mass is 15.4. The molecule has 348 valence electrons. The fraction of sp³-hybridized carbons (Fsp3) is 0.310. The van der Waals surface area contributed by atoms with Crippen molar-refractivity contribution >= 4 is 35.0 Å². The Morgan fingerprint density at radius 3 is 0.884 bits per heavy atom. The lowest BCUT2D eigenvalue weighted by Crippen LogP contribution is -2.53. The average molecular weight is 912 g/mol. The Balaban J connectivity index is 1.05. The Kier molecular flexibility index (Phi) is 10.6. The first-order valence-corrected chi connectivity index (χ1v) is 23.9. The molecule has 0 atom stereocenters. The molecule has 0 saturated carbocycles. The zero-order chi connectivity index (χ0) is 48.7. The molecule has 3 aliphatic rings. The van der Waals surface area contributed by atoms with Gasteiger partial charge in [0, 0.05) is 52.0 Å². The van der Waals surface area contributed by atoms with Crippen LogP contribution in [0.4, 0.5) is 17.5 Å². The zero-order valence-corrected chi connectivity index (χ0v) is 41.9. The quantitative estimate of drug-likeness (QED) is 0.141. The van der Waals surface area contributed by atoms with Gasteiger partial charge < -0.3 is 14.7 Å². The average Bonchev–Trinajstić information content (AvgIpc) is 3.76. The van der Waals surface area contributed by atoms with Crippen LogP contribution in [0.3, 0.4) is 0 Å². The van der Waals surface area contributed by atoms with Crippen molar-refractivity contribution in [1.82, 2.24) is 24.9 Å². The van der Waals surface area contributed by atoms with E-state index in [0.717, 1.165) is 79.7 Å². The molecule has 3 aromatic carbocycles. The Bertz CT molecular complexity index is 2780. The number of nitrogens with zero attached hydrogens (tertiary/aromatic N) is 11. The fourth-order valence-corrected chi connectivity index (χ4v) is 9.36. The maximum absolute atomic E-state index is 5.25. The molecule has 7 heterocycles. The van der Waals surface area contributed by atoms with Crippen molar-refractivity contribution in [3.8, 4) is 33.9 Å². The predicted octanol–water partition coefficient (Wildman–Crippen LogP) is 12.1. The molecule has 7 aromatic rings. The molecule has 0 amide bonds. The van der Waals surface area contributed by atoms with Crippen molar-refractivity contribution in [2.45, 2.75) is 116 Å². The summed E-state index contributed by atoms with van der Waals surface area (Å²) in [6, 6.07) is 45.5. The van der Waals surface area contributed by atoms with Gasteiger partial charge in [-0.2, -0.15) is 0 Å². The van der Waals surface area contributed by atoms with Crippen LogP contribution in [0.15, 0.2) is 167 Å². The maximum atomic E-state index is 5.25. The molecule has 4 aromatic heterocycles. The van der Waals surface area contributed by atoms with E-state index in [1.54, 1.807) is 0 Å². The van der Waals surface area contributed by atoms with Crippen molar-refractivity contribution in [3.05, 3.63) is 169 Å². The summed E-state index contributed by atoms with van der Waals surface area (Å²) in [4.78, 5) is 48.4. The van der Waals surface area contributed by atoms with Crippen LogP contribution >= 0.6 is 0 Å². The highest BCUT2D eigenvalue weighted by molar-refractivity contribution is 6.14. The second-order valence-electron chi connectivity index (χ2n) is 21.4. The number of aliphatic imine (C=N–C) groups is 3. The minimum Gasteiger partial charge on any atom is -0.303 e. The van der Waals surface area contributed by atoms with Crippen LogP contribution in [-0.4, -0.2) is 75.7 Å². The first kappa shape index (κ1) is 45.4. The van der Waals surface area contributed by atoms with Crippen LogP contribution in [0.25, 0.3) is 33.9 Å². The lowest BCUT2D eigenvalue weighted by atomic mass is 9.83. The second-order valence-corrected chi connectivity index (χ2v) is 21.4. The van der Waals surface area contributed by atoms with Gasteiger partial charge in [-0.1, -0.05) is 91.0 Å². The zero-order valence-electron chi connectivity index (χ0n) is 41.9. The van der Waals surface area contributed by atoms with Gasteiger partial charge in [-0.3, -0.25) is 15.0 Å². The number of rotatable bonds is 9. The molecule has 0 spiro atoms. The standard InChI is InChI=1S/C58H61N11/c1-53(2)56(7,8)67(50(64-53)38-22-16-13-17-23-38)46-31-28-41(35-59-46)44-34-45(42-29-32-47(60-36-42)68-51(39-24-18-14-19-25-39)65-54(3,4)57(68,9)10)63-49(62-44)43-30-33-48(61-37-43)69-52(40-26-20-15-21-27-40)66-55(5,6)58(69,11)12/h13-37H,1-12H3. The van der Waals surface area contributed by atoms with Crippen molar-refractivity contribution < 1.29 is 0 Å². The monoisotopic (exact) mass is 912 g/mol. The highest BCUT2D eigenvalue weighted by Gasteiger charge is 2.52. The topological polar surface area (TPSA) is 111 Å². The van der Waals surface area contributed by atoms with Crippen molar-refractivity contribution in [2.75, 3.05) is 14.7 Å². The SMILES string of the molecule is CC1(C)N=C(c2ccccc2)N(c2ccc(-c3cc(-c4ccc(N5C(c6ccccc6)=NC(C)(C)C5(C)C)nc4)nc(-c4ccc(N5C(c6ccccc6)=NC(C)(C)C5(C)C)nc4)n3)cn2)C1(C)C. The van der Waals surface area contributed by atoms with Gasteiger partial charge in [0.15, 0.2) is 5.82 Å². The van der Waals surface area contributed by atoms with E-state index in [1.807, 2.05) is 55.0 Å². The summed E-state index contributed by atoms with van der Waals surface area (Å²) in [5, 5.41) is 0. The molecular weight excluding hydrogens is 851 g/mol. The van der Waals surface area contributed by atoms with E-state index in [2.05, 4.69) is 195 Å². The smallest absolute Gasteiger partial charge is 0.161 e. The lowest BCUT2D eigenvalue weighted by molar-refractivity contribution is 0.337. The number of aromatic nitrogens is 5. The number of amidine groups is 3. The van der Waals surface area contributed by atoms with Gasteiger partial charge >= 0.3 is 0 Å². The molecule has 0 radical (unpaired) electrons. The minimum atomic E-state index is -0.370. The lowest BCUT2D eigenvalue weighted by Gasteiger charge is -2.40. The first-order chi connectivity index (χ1) is 32.7. The second kappa shape index (κ2) is 16.1. The minimum absolute atomic E-state index is 0.359. The summed E-state index contributed by atoms with van der Waals surface area (Å²) >= 11 is 0. The van der Waals surface area contributed by atoms with Gasteiger partial charge in [0.05, 0.1) is 44.6 Å². The summed E-state index contributed by atoms with van der Waals surface area (Å²) in [7, 11) is 0.